The largest absolute Gasteiger partial charge is 0.481 e. The summed E-state index contributed by atoms with van der Waals surface area (Å²) < 4.78 is 0. The van der Waals surface area contributed by atoms with Crippen molar-refractivity contribution in [2.45, 2.75) is 76.6 Å². The number of piperidine rings is 3. The fourth-order valence-corrected chi connectivity index (χ4v) is 6.32. The minimum atomic E-state index is -0.833. The Morgan fingerprint density at radius 3 is 2.25 bits per heavy atom. The molecule has 5 rings (SSSR count). The molecule has 1 aromatic carbocycles. The molecular weight excluding hydrogens is 462 g/mol. The van der Waals surface area contributed by atoms with Gasteiger partial charge in [0.25, 0.3) is 11.9 Å². The summed E-state index contributed by atoms with van der Waals surface area (Å²) in [6, 6.07) is 12.0. The van der Waals surface area contributed by atoms with Gasteiger partial charge in [0.2, 0.25) is 5.91 Å². The zero-order chi connectivity index (χ0) is 26.2. The number of aliphatic hydroxyl groups is 1. The molecule has 2 bridgehead atoms. The van der Waals surface area contributed by atoms with Crippen LogP contribution < -0.4 is 5.32 Å². The average molecular weight is 504 g/mol. The van der Waals surface area contributed by atoms with Gasteiger partial charge in [0.15, 0.2) is 0 Å². The van der Waals surface area contributed by atoms with Gasteiger partial charge < -0.3 is 25.5 Å². The highest BCUT2D eigenvalue weighted by atomic mass is 16.4. The van der Waals surface area contributed by atoms with Gasteiger partial charge >= 0.3 is 0 Å². The van der Waals surface area contributed by atoms with E-state index >= 15 is 0 Å². The van der Waals surface area contributed by atoms with Crippen LogP contribution in [-0.4, -0.2) is 93.4 Å². The number of aliphatic carboxylic acids is 2. The van der Waals surface area contributed by atoms with Gasteiger partial charge in [-0.05, 0) is 49.5 Å². The molecule has 4 saturated heterocycles. The predicted octanol–water partition coefficient (Wildman–Crippen LogP) is 1.84. The number of hydrogen-bond acceptors (Lipinski definition) is 6. The molecule has 6 atom stereocenters. The third-order valence-electron chi connectivity index (χ3n) is 7.55. The zero-order valence-electron chi connectivity index (χ0n) is 21.4. The number of amides is 1. The first-order chi connectivity index (χ1) is 17.1. The van der Waals surface area contributed by atoms with Crippen molar-refractivity contribution in [3.63, 3.8) is 0 Å². The Labute approximate surface area is 213 Å². The fraction of sp³-hybridized carbons (Fsp3) is 0.667. The molecule has 4 fully saturated rings. The number of hydrogen-bond donors (Lipinski definition) is 4. The van der Waals surface area contributed by atoms with E-state index in [1.165, 1.54) is 31.2 Å². The summed E-state index contributed by atoms with van der Waals surface area (Å²) in [6.45, 7) is 5.66. The summed E-state index contributed by atoms with van der Waals surface area (Å²) in [5, 5.41) is 27.8. The number of carbonyl (C=O) groups is 3. The summed E-state index contributed by atoms with van der Waals surface area (Å²) in [7, 11) is 0. The molecule has 0 radical (unpaired) electrons. The SMILES string of the molecule is CC(=O)O.CC(=O)O.O=C([C@@H]1C[C@@H](O)CN1)N1C[C@@H]2C[C@H](C1)[C@@H]1CCC[C@H](Cc3ccccc3)N1C2. The first-order valence-electron chi connectivity index (χ1n) is 13.0. The molecule has 4 aliphatic heterocycles. The summed E-state index contributed by atoms with van der Waals surface area (Å²) in [4.78, 5) is 35.9. The second-order valence-electron chi connectivity index (χ2n) is 10.5. The first-order valence-corrected chi connectivity index (χ1v) is 13.0. The average Bonchev–Trinajstić information content (AvgIpc) is 3.25. The van der Waals surface area contributed by atoms with E-state index in [2.05, 4.69) is 45.4 Å². The molecule has 4 heterocycles. The van der Waals surface area contributed by atoms with E-state index in [-0.39, 0.29) is 18.1 Å². The lowest BCUT2D eigenvalue weighted by atomic mass is 9.74. The van der Waals surface area contributed by atoms with Gasteiger partial charge in [-0.25, -0.2) is 0 Å². The quantitative estimate of drug-likeness (QED) is 0.492. The van der Waals surface area contributed by atoms with Crippen molar-refractivity contribution in [1.82, 2.24) is 15.1 Å². The second kappa shape index (κ2) is 13.2. The van der Waals surface area contributed by atoms with Gasteiger partial charge in [0, 0.05) is 52.1 Å². The Hall–Kier alpha value is -2.49. The van der Waals surface area contributed by atoms with Crippen LogP contribution in [-0.2, 0) is 20.8 Å². The van der Waals surface area contributed by atoms with Gasteiger partial charge in [-0.15, -0.1) is 0 Å². The summed E-state index contributed by atoms with van der Waals surface area (Å²) in [5.41, 5.74) is 1.45. The molecule has 0 aromatic heterocycles. The van der Waals surface area contributed by atoms with Gasteiger partial charge in [-0.2, -0.15) is 0 Å². The van der Waals surface area contributed by atoms with Gasteiger partial charge in [0.05, 0.1) is 12.1 Å². The number of nitrogens with zero attached hydrogens (tertiary/aromatic N) is 2. The lowest BCUT2D eigenvalue weighted by molar-refractivity contribution is -0.141. The standard InChI is InChI=1S/C23H33N3O2.2C2H4O2/c27-20-11-21(24-12-20)23(28)25-13-17-9-18(15-25)22-8-4-7-19(26(22)14-17)10-16-5-2-1-3-6-16;2*1-2(3)4/h1-3,5-6,17-22,24,27H,4,7-15H2;2*1H3,(H,3,4)/t17-,18+,19+,20+,21-,22-;;/m0../s1. The molecule has 0 aliphatic carbocycles. The van der Waals surface area contributed by atoms with E-state index in [1.807, 2.05) is 0 Å². The van der Waals surface area contributed by atoms with Gasteiger partial charge in [-0.3, -0.25) is 19.3 Å². The van der Waals surface area contributed by atoms with Crippen molar-refractivity contribution in [3.8, 4) is 0 Å². The van der Waals surface area contributed by atoms with Crippen LogP contribution in [0.3, 0.4) is 0 Å². The maximum atomic E-state index is 13.0. The molecule has 200 valence electrons. The zero-order valence-corrected chi connectivity index (χ0v) is 21.4. The highest BCUT2D eigenvalue weighted by molar-refractivity contribution is 5.82. The van der Waals surface area contributed by atoms with Crippen LogP contribution in [0.1, 0.15) is 51.5 Å². The van der Waals surface area contributed by atoms with Crippen molar-refractivity contribution >= 4 is 17.8 Å². The molecule has 1 amide bonds. The number of aliphatic hydroxyl groups excluding tert-OH is 1. The molecule has 9 heteroatoms. The van der Waals surface area contributed by atoms with Crippen molar-refractivity contribution in [3.05, 3.63) is 35.9 Å². The topological polar surface area (TPSA) is 130 Å². The number of benzene rings is 1. The molecule has 9 nitrogen and oxygen atoms in total. The van der Waals surface area contributed by atoms with Crippen LogP contribution in [0.15, 0.2) is 30.3 Å². The minimum absolute atomic E-state index is 0.179. The molecule has 36 heavy (non-hydrogen) atoms. The highest BCUT2D eigenvalue weighted by Gasteiger charge is 2.46. The molecule has 0 unspecified atom stereocenters. The van der Waals surface area contributed by atoms with Crippen LogP contribution in [0, 0.1) is 11.8 Å². The maximum Gasteiger partial charge on any atom is 0.300 e. The van der Waals surface area contributed by atoms with Gasteiger partial charge in [0.1, 0.15) is 0 Å². The van der Waals surface area contributed by atoms with Crippen LogP contribution in [0.4, 0.5) is 0 Å². The number of nitrogens with one attached hydrogen (secondary N) is 1. The lowest BCUT2D eigenvalue weighted by Gasteiger charge is -2.55. The highest BCUT2D eigenvalue weighted by Crippen LogP contribution is 2.40. The molecule has 0 spiro atoms. The normalized spacial score (nSPS) is 31.1. The van der Waals surface area contributed by atoms with E-state index in [1.54, 1.807) is 0 Å². The van der Waals surface area contributed by atoms with Crippen molar-refractivity contribution in [2.75, 3.05) is 26.2 Å². The fourth-order valence-electron chi connectivity index (χ4n) is 6.32. The maximum absolute atomic E-state index is 13.0. The second-order valence-corrected chi connectivity index (χ2v) is 10.5. The number of carboxylic acids is 2. The van der Waals surface area contributed by atoms with E-state index < -0.39 is 11.9 Å². The number of carbonyl (C=O) groups excluding carboxylic acids is 1. The Balaban J connectivity index is 0.000000398. The van der Waals surface area contributed by atoms with E-state index in [0.29, 0.717) is 36.9 Å². The van der Waals surface area contributed by atoms with E-state index in [4.69, 9.17) is 19.8 Å². The van der Waals surface area contributed by atoms with Gasteiger partial charge in [-0.1, -0.05) is 36.8 Å². The van der Waals surface area contributed by atoms with Crippen LogP contribution in [0.2, 0.25) is 0 Å². The number of rotatable bonds is 3. The third kappa shape index (κ3) is 8.01. The number of likely N-dealkylation sites (tertiary alicyclic amines) is 1. The number of carboxylic acid groups (broad SMARTS) is 2. The van der Waals surface area contributed by atoms with Crippen molar-refractivity contribution in [2.24, 2.45) is 11.8 Å². The van der Waals surface area contributed by atoms with Crippen LogP contribution in [0.5, 0.6) is 0 Å². The third-order valence-corrected chi connectivity index (χ3v) is 7.55. The smallest absolute Gasteiger partial charge is 0.300 e. The molecule has 1 aromatic rings. The first kappa shape index (κ1) is 28.1. The molecular formula is C27H41N3O6. The van der Waals surface area contributed by atoms with E-state index in [9.17, 15) is 9.90 Å². The van der Waals surface area contributed by atoms with Crippen LogP contribution >= 0.6 is 0 Å². The molecule has 4 aliphatic rings. The van der Waals surface area contributed by atoms with E-state index in [0.717, 1.165) is 39.9 Å². The monoisotopic (exact) mass is 503 g/mol. The Morgan fingerprint density at radius 2 is 1.64 bits per heavy atom. The van der Waals surface area contributed by atoms with Crippen molar-refractivity contribution < 1.29 is 29.7 Å². The Kier molecular flexibility index (Phi) is 10.3. The van der Waals surface area contributed by atoms with Crippen molar-refractivity contribution in [1.29, 1.82) is 0 Å². The predicted molar refractivity (Wildman–Crippen MR) is 135 cm³/mol. The number of fused-ring (bicyclic) bond motifs is 4. The van der Waals surface area contributed by atoms with Crippen LogP contribution in [0.25, 0.3) is 0 Å². The minimum Gasteiger partial charge on any atom is -0.481 e. The Morgan fingerprint density at radius 1 is 0.972 bits per heavy atom. The summed E-state index contributed by atoms with van der Waals surface area (Å²) in [5.74, 6) is -0.237. The number of β-amino-alcohol motifs (C(OH)–C–C–N with tert-alkyl or cyclic N) is 1. The Bertz CT molecular complexity index is 862. The molecule has 0 saturated carbocycles. The summed E-state index contributed by atoms with van der Waals surface area (Å²) in [6.07, 6.45) is 6.53. The lowest BCUT2D eigenvalue weighted by Crippen LogP contribution is -2.63. The molecule has 4 N–H and O–H groups in total. The summed E-state index contributed by atoms with van der Waals surface area (Å²) >= 11 is 0.